The summed E-state index contributed by atoms with van der Waals surface area (Å²) in [5.74, 6) is 2.79. The molecule has 31 heavy (non-hydrogen) atoms. The summed E-state index contributed by atoms with van der Waals surface area (Å²) in [6.45, 7) is 4.64. The van der Waals surface area contributed by atoms with E-state index >= 15 is 0 Å². The molecule has 3 aromatic heterocycles. The van der Waals surface area contributed by atoms with Gasteiger partial charge in [0.25, 0.3) is 5.56 Å². The number of likely N-dealkylation sites (tertiary alicyclic amines) is 1. The molecule has 8 heteroatoms. The van der Waals surface area contributed by atoms with Crippen molar-refractivity contribution in [2.24, 2.45) is 5.92 Å². The minimum absolute atomic E-state index is 0.0508. The summed E-state index contributed by atoms with van der Waals surface area (Å²) >= 11 is 0. The summed E-state index contributed by atoms with van der Waals surface area (Å²) in [6, 6.07) is 8.83. The number of aryl methyl sites for hydroxylation is 1. The van der Waals surface area contributed by atoms with E-state index in [1.165, 1.54) is 0 Å². The molecule has 5 rings (SSSR count). The molecular formula is C23H27N5O3. The van der Waals surface area contributed by atoms with Gasteiger partial charge < -0.3 is 14.3 Å². The van der Waals surface area contributed by atoms with Gasteiger partial charge in [-0.1, -0.05) is 6.07 Å². The van der Waals surface area contributed by atoms with Gasteiger partial charge in [-0.25, -0.2) is 4.98 Å². The van der Waals surface area contributed by atoms with E-state index in [0.717, 1.165) is 42.5 Å². The van der Waals surface area contributed by atoms with Crippen LogP contribution in [-0.4, -0.2) is 50.4 Å². The van der Waals surface area contributed by atoms with Crippen LogP contribution in [0.1, 0.15) is 41.4 Å². The molecule has 1 N–H and O–H groups in total. The van der Waals surface area contributed by atoms with Crippen molar-refractivity contribution < 1.29 is 9.21 Å². The van der Waals surface area contributed by atoms with E-state index in [1.807, 2.05) is 25.1 Å². The topological polar surface area (TPSA) is 87.4 Å². The molecule has 0 aromatic carbocycles. The molecule has 2 aliphatic rings. The summed E-state index contributed by atoms with van der Waals surface area (Å²) < 4.78 is 7.53. The van der Waals surface area contributed by atoms with E-state index in [1.54, 1.807) is 41.0 Å². The number of amides is 1. The normalized spacial score (nSPS) is 22.8. The van der Waals surface area contributed by atoms with Gasteiger partial charge in [0.15, 0.2) is 0 Å². The maximum atomic E-state index is 13.6. The third-order valence-electron chi connectivity index (χ3n) is 6.47. The molecule has 3 atom stereocenters. The fourth-order valence-electron chi connectivity index (χ4n) is 5.18. The van der Waals surface area contributed by atoms with Crippen molar-refractivity contribution >= 4 is 5.91 Å². The first-order chi connectivity index (χ1) is 15.0. The summed E-state index contributed by atoms with van der Waals surface area (Å²) in [4.78, 5) is 37.8. The molecule has 5 heterocycles. The fourth-order valence-corrected chi connectivity index (χ4v) is 5.18. The number of pyridine rings is 1. The molecule has 162 valence electrons. The Morgan fingerprint density at radius 3 is 2.90 bits per heavy atom. The number of aromatic nitrogens is 3. The molecular weight excluding hydrogens is 394 g/mol. The van der Waals surface area contributed by atoms with Gasteiger partial charge in [0, 0.05) is 56.1 Å². The molecule has 0 aliphatic carbocycles. The Bertz CT molecular complexity index is 1130. The number of carbonyl (C=O) groups excluding carboxylic acids is 1. The number of H-pyrrole nitrogens is 1. The average Bonchev–Trinajstić information content (AvgIpc) is 3.40. The van der Waals surface area contributed by atoms with Crippen molar-refractivity contribution in [3.05, 3.63) is 76.1 Å². The summed E-state index contributed by atoms with van der Waals surface area (Å²) in [5.41, 5.74) is 0.848. The van der Waals surface area contributed by atoms with Gasteiger partial charge in [-0.05, 0) is 31.5 Å². The smallest absolute Gasteiger partial charge is 0.251 e. The highest BCUT2D eigenvalue weighted by molar-refractivity contribution is 5.81. The van der Waals surface area contributed by atoms with Crippen molar-refractivity contribution in [3.8, 4) is 0 Å². The van der Waals surface area contributed by atoms with Crippen molar-refractivity contribution in [3.63, 3.8) is 0 Å². The Morgan fingerprint density at radius 1 is 1.29 bits per heavy atom. The highest BCUT2D eigenvalue weighted by Gasteiger charge is 2.44. The Labute approximate surface area is 180 Å². The number of piperidine rings is 1. The van der Waals surface area contributed by atoms with Gasteiger partial charge in [-0.3, -0.25) is 19.1 Å². The van der Waals surface area contributed by atoms with E-state index in [4.69, 9.17) is 4.42 Å². The lowest BCUT2D eigenvalue weighted by atomic mass is 9.78. The number of carbonyl (C=O) groups is 1. The molecule has 0 spiro atoms. The van der Waals surface area contributed by atoms with Crippen LogP contribution in [0, 0.1) is 12.8 Å². The number of nitrogens with one attached hydrogen (secondary N) is 1. The lowest BCUT2D eigenvalue weighted by Crippen LogP contribution is -2.53. The largest absolute Gasteiger partial charge is 0.465 e. The predicted octanol–water partition coefficient (Wildman–Crippen LogP) is 2.29. The van der Waals surface area contributed by atoms with Crippen LogP contribution in [0.25, 0.3) is 0 Å². The molecule has 0 saturated carbocycles. The van der Waals surface area contributed by atoms with E-state index in [-0.39, 0.29) is 23.3 Å². The number of fused-ring (bicyclic) bond motifs is 4. The number of aromatic amines is 1. The first kappa shape index (κ1) is 19.8. The van der Waals surface area contributed by atoms with Crippen LogP contribution < -0.4 is 5.56 Å². The van der Waals surface area contributed by atoms with Gasteiger partial charge >= 0.3 is 0 Å². The molecule has 3 aromatic rings. The maximum absolute atomic E-state index is 13.6. The van der Waals surface area contributed by atoms with Crippen LogP contribution in [0.2, 0.25) is 0 Å². The van der Waals surface area contributed by atoms with Gasteiger partial charge in [0.05, 0.1) is 13.1 Å². The molecule has 0 radical (unpaired) electrons. The van der Waals surface area contributed by atoms with E-state index in [0.29, 0.717) is 13.1 Å². The minimum Gasteiger partial charge on any atom is -0.465 e. The second kappa shape index (κ2) is 7.85. The Hall–Kier alpha value is -3.13. The number of hydrogen-bond donors (Lipinski definition) is 1. The lowest BCUT2D eigenvalue weighted by Gasteiger charge is -2.46. The fraction of sp³-hybridized carbons (Fsp3) is 0.435. The maximum Gasteiger partial charge on any atom is 0.251 e. The molecule has 1 saturated heterocycles. The van der Waals surface area contributed by atoms with Crippen molar-refractivity contribution in [1.82, 2.24) is 24.3 Å². The van der Waals surface area contributed by atoms with Crippen molar-refractivity contribution in [2.45, 2.75) is 38.4 Å². The number of imidazole rings is 1. The monoisotopic (exact) mass is 421 g/mol. The summed E-state index contributed by atoms with van der Waals surface area (Å²) in [7, 11) is 1.77. The highest BCUT2D eigenvalue weighted by Crippen LogP contribution is 2.42. The van der Waals surface area contributed by atoms with Crippen LogP contribution in [0.4, 0.5) is 0 Å². The molecule has 0 unspecified atom stereocenters. The first-order valence-corrected chi connectivity index (χ1v) is 10.7. The average molecular weight is 422 g/mol. The number of likely N-dealkylation sites (N-methyl/N-ethyl adjacent to an activating group) is 1. The van der Waals surface area contributed by atoms with Crippen LogP contribution in [-0.2, 0) is 17.9 Å². The SMILES string of the molecule is Cc1ccc(CN2C[C@H]3C[C@@H](C2)[C@H](C(=O)N(C)Cc2ncc[nH]2)n2c3cccc2=O)o1. The predicted molar refractivity (Wildman–Crippen MR) is 114 cm³/mol. The second-order valence-corrected chi connectivity index (χ2v) is 8.73. The number of nitrogens with zero attached hydrogens (tertiary/aromatic N) is 4. The quantitative estimate of drug-likeness (QED) is 0.683. The Kier molecular flexibility index (Phi) is 5.02. The van der Waals surface area contributed by atoms with E-state index in [9.17, 15) is 9.59 Å². The number of furan rings is 1. The van der Waals surface area contributed by atoms with Gasteiger partial charge in [0.2, 0.25) is 5.91 Å². The van der Waals surface area contributed by atoms with Gasteiger partial charge in [0.1, 0.15) is 23.4 Å². The number of hydrogen-bond acceptors (Lipinski definition) is 5. The molecule has 1 amide bonds. The summed E-state index contributed by atoms with van der Waals surface area (Å²) in [6.07, 6.45) is 4.32. The van der Waals surface area contributed by atoms with Crippen molar-refractivity contribution in [1.29, 1.82) is 0 Å². The van der Waals surface area contributed by atoms with Gasteiger partial charge in [-0.2, -0.15) is 0 Å². The third kappa shape index (κ3) is 3.72. The Morgan fingerprint density at radius 2 is 2.16 bits per heavy atom. The van der Waals surface area contributed by atoms with Crippen LogP contribution in [0.5, 0.6) is 0 Å². The van der Waals surface area contributed by atoms with Crippen LogP contribution in [0.15, 0.2) is 51.9 Å². The Balaban J connectivity index is 1.46. The van der Waals surface area contributed by atoms with Crippen LogP contribution >= 0.6 is 0 Å². The van der Waals surface area contributed by atoms with E-state index in [2.05, 4.69) is 14.9 Å². The standard InChI is InChI=1S/C23H27N5O3/c1-15-6-7-18(31-15)13-27-11-16-10-17(12-27)22(28-19(16)4-3-5-21(28)29)23(30)26(2)14-20-24-8-9-25-20/h3-9,16-17,22H,10-14H2,1-2H3,(H,24,25)/t16-,17+,22-/m1/s1. The zero-order valence-corrected chi connectivity index (χ0v) is 17.8. The van der Waals surface area contributed by atoms with Crippen LogP contribution in [0.3, 0.4) is 0 Å². The number of rotatable bonds is 5. The molecule has 2 aliphatic heterocycles. The molecule has 2 bridgehead atoms. The first-order valence-electron chi connectivity index (χ1n) is 10.7. The van der Waals surface area contributed by atoms with E-state index < -0.39 is 6.04 Å². The summed E-state index contributed by atoms with van der Waals surface area (Å²) in [5, 5.41) is 0. The third-order valence-corrected chi connectivity index (χ3v) is 6.47. The van der Waals surface area contributed by atoms with Gasteiger partial charge in [-0.15, -0.1) is 0 Å². The minimum atomic E-state index is -0.513. The lowest BCUT2D eigenvalue weighted by molar-refractivity contribution is -0.137. The zero-order valence-electron chi connectivity index (χ0n) is 17.8. The molecule has 8 nitrogen and oxygen atoms in total. The molecule has 1 fully saturated rings. The second-order valence-electron chi connectivity index (χ2n) is 8.73. The highest BCUT2D eigenvalue weighted by atomic mass is 16.3. The van der Waals surface area contributed by atoms with Crippen molar-refractivity contribution in [2.75, 3.05) is 20.1 Å². The zero-order chi connectivity index (χ0) is 21.5.